The minimum absolute atomic E-state index is 0.0573. The van der Waals surface area contributed by atoms with Gasteiger partial charge in [-0.3, -0.25) is 14.1 Å². The number of unbranched alkanes of at least 4 members (excludes halogenated alkanes) is 7. The van der Waals surface area contributed by atoms with E-state index in [4.69, 9.17) is 19.3 Å². The Bertz CT molecular complexity index is 1080. The molecule has 0 fully saturated rings. The predicted molar refractivity (Wildman–Crippen MR) is 199 cm³/mol. The smallest absolute Gasteiger partial charge is 0.462 e. The first kappa shape index (κ1) is 46.2. The maximum atomic E-state index is 12.3. The van der Waals surface area contributed by atoms with E-state index in [1.54, 1.807) is 6.08 Å². The van der Waals surface area contributed by atoms with Crippen LogP contribution in [-0.4, -0.2) is 52.3 Å². The van der Waals surface area contributed by atoms with Crippen molar-refractivity contribution in [2.75, 3.05) is 13.2 Å². The van der Waals surface area contributed by atoms with Crippen molar-refractivity contribution in [2.45, 2.75) is 135 Å². The lowest BCUT2D eigenvalue weighted by Crippen LogP contribution is -2.29. The second-order valence-electron chi connectivity index (χ2n) is 11.7. The van der Waals surface area contributed by atoms with E-state index in [0.29, 0.717) is 25.7 Å². The van der Waals surface area contributed by atoms with Crippen LogP contribution in [0.15, 0.2) is 85.1 Å². The Morgan fingerprint density at radius 3 is 1.98 bits per heavy atom. The molecule has 278 valence electrons. The zero-order valence-corrected chi connectivity index (χ0v) is 30.8. The third-order valence-corrected chi connectivity index (χ3v) is 7.48. The number of esters is 2. The van der Waals surface area contributed by atoms with Crippen molar-refractivity contribution >= 4 is 19.8 Å². The van der Waals surface area contributed by atoms with E-state index in [9.17, 15) is 19.3 Å². The Balaban J connectivity index is 4.24. The third-order valence-electron chi connectivity index (χ3n) is 6.99. The van der Waals surface area contributed by atoms with E-state index in [1.165, 1.54) is 12.8 Å². The van der Waals surface area contributed by atoms with Gasteiger partial charge in [0.25, 0.3) is 0 Å². The molecule has 0 aliphatic heterocycles. The molecule has 0 amide bonds. The molecule has 0 bridgehead atoms. The average molecular weight is 707 g/mol. The molecule has 1 unspecified atom stereocenters. The first-order valence-electron chi connectivity index (χ1n) is 18.0. The second-order valence-corrected chi connectivity index (χ2v) is 12.9. The number of aliphatic hydroxyl groups is 1. The van der Waals surface area contributed by atoms with Gasteiger partial charge in [-0.25, -0.2) is 4.57 Å². The lowest BCUT2D eigenvalue weighted by Gasteiger charge is -2.18. The van der Waals surface area contributed by atoms with Crippen LogP contribution >= 0.6 is 7.82 Å². The average Bonchev–Trinajstić information content (AvgIpc) is 3.06. The van der Waals surface area contributed by atoms with Crippen LogP contribution in [0.2, 0.25) is 0 Å². The molecule has 0 spiro atoms. The molecule has 0 aromatic carbocycles. The Morgan fingerprint density at radius 1 is 0.653 bits per heavy atom. The topological polar surface area (TPSA) is 140 Å². The van der Waals surface area contributed by atoms with E-state index < -0.39 is 38.6 Å². The monoisotopic (exact) mass is 706 g/mol. The van der Waals surface area contributed by atoms with Crippen molar-refractivity contribution in [1.29, 1.82) is 0 Å². The Labute approximate surface area is 295 Å². The maximum absolute atomic E-state index is 12.3. The third kappa shape index (κ3) is 36.3. The van der Waals surface area contributed by atoms with Crippen LogP contribution in [0.1, 0.15) is 123 Å². The molecule has 0 saturated carbocycles. The van der Waals surface area contributed by atoms with E-state index in [2.05, 4.69) is 48.8 Å². The van der Waals surface area contributed by atoms with E-state index in [-0.39, 0.29) is 19.4 Å². The Morgan fingerprint density at radius 2 is 1.27 bits per heavy atom. The van der Waals surface area contributed by atoms with Crippen LogP contribution in [0.25, 0.3) is 0 Å². The van der Waals surface area contributed by atoms with Gasteiger partial charge >= 0.3 is 19.8 Å². The van der Waals surface area contributed by atoms with Crippen molar-refractivity contribution in [2.24, 2.45) is 0 Å². The molecule has 0 radical (unpaired) electrons. The molecular weight excluding hydrogens is 643 g/mol. The highest BCUT2D eigenvalue weighted by molar-refractivity contribution is 7.46. The number of allylic oxidation sites excluding steroid dienone is 12. The SMILES string of the molecule is CC/C=C\C/C=C\CC(O)/C=C/C=C\C/C=C\C/C=C\CCC(=O)O[C@H](COC(=O)CCCCCCC/C=C\CCCC)COP(=O)(O)O. The summed E-state index contributed by atoms with van der Waals surface area (Å²) in [5, 5.41) is 9.95. The number of aliphatic hydroxyl groups excluding tert-OH is 1. The van der Waals surface area contributed by atoms with Crippen molar-refractivity contribution < 1.29 is 43.0 Å². The molecule has 3 N–H and O–H groups in total. The summed E-state index contributed by atoms with van der Waals surface area (Å²) in [6.07, 6.45) is 40.6. The minimum Gasteiger partial charge on any atom is -0.462 e. The van der Waals surface area contributed by atoms with E-state index in [0.717, 1.165) is 57.8 Å². The highest BCUT2D eigenvalue weighted by Crippen LogP contribution is 2.35. The fraction of sp³-hybridized carbons (Fsp3) is 0.590. The number of phosphoric ester groups is 1. The first-order valence-corrected chi connectivity index (χ1v) is 19.5. The van der Waals surface area contributed by atoms with Gasteiger partial charge in [-0.2, -0.15) is 0 Å². The fourth-order valence-electron chi connectivity index (χ4n) is 4.29. The summed E-state index contributed by atoms with van der Waals surface area (Å²) in [5.41, 5.74) is 0. The van der Waals surface area contributed by atoms with Gasteiger partial charge in [-0.1, -0.05) is 131 Å². The number of carbonyl (C=O) groups excluding carboxylic acids is 2. The molecule has 0 saturated heterocycles. The zero-order chi connectivity index (χ0) is 36.3. The van der Waals surface area contributed by atoms with Crippen molar-refractivity contribution in [3.05, 3.63) is 85.1 Å². The molecule has 0 aliphatic carbocycles. The number of ether oxygens (including phenoxy) is 2. The maximum Gasteiger partial charge on any atom is 0.469 e. The van der Waals surface area contributed by atoms with Gasteiger partial charge in [0.15, 0.2) is 6.10 Å². The highest BCUT2D eigenvalue weighted by atomic mass is 31.2. The zero-order valence-electron chi connectivity index (χ0n) is 29.9. The summed E-state index contributed by atoms with van der Waals surface area (Å²) in [7, 11) is -4.79. The van der Waals surface area contributed by atoms with Crippen LogP contribution in [-0.2, 0) is 28.2 Å². The van der Waals surface area contributed by atoms with Crippen LogP contribution < -0.4 is 0 Å². The first-order chi connectivity index (χ1) is 23.7. The molecule has 0 aromatic heterocycles. The number of carbonyl (C=O) groups is 2. The van der Waals surface area contributed by atoms with Gasteiger partial charge in [0.05, 0.1) is 12.7 Å². The minimum atomic E-state index is -4.79. The van der Waals surface area contributed by atoms with Crippen LogP contribution in [0.4, 0.5) is 0 Å². The van der Waals surface area contributed by atoms with Crippen LogP contribution in [0.5, 0.6) is 0 Å². The molecule has 10 heteroatoms. The standard InChI is InChI=1S/C39H63O9P/c1-3-5-7-9-11-12-13-17-20-24-28-32-38(41)46-34-37(35-47-49(43,44)45)48-39(42)33-29-25-21-18-15-14-16-19-23-27-31-36(40)30-26-22-10-8-6-4-2/h6,8-9,11,14-15,19,21-23,25-27,31,36-37,40H,3-5,7,10,12-13,16-18,20,24,28-30,32-35H2,1-2H3,(H2,43,44,45)/b8-6-,11-9-,15-14-,23-19-,25-21-,26-22-,31-27+/t36?,37-/m1/s1. The van der Waals surface area contributed by atoms with Gasteiger partial charge in [-0.05, 0) is 64.2 Å². The summed E-state index contributed by atoms with van der Waals surface area (Å²) in [6, 6.07) is 0. The Kier molecular flexibility index (Phi) is 31.7. The number of hydrogen-bond donors (Lipinski definition) is 3. The van der Waals surface area contributed by atoms with Gasteiger partial charge in [0.1, 0.15) is 6.61 Å². The van der Waals surface area contributed by atoms with Gasteiger partial charge in [0.2, 0.25) is 0 Å². The highest BCUT2D eigenvalue weighted by Gasteiger charge is 2.22. The molecule has 0 heterocycles. The lowest BCUT2D eigenvalue weighted by atomic mass is 10.1. The molecule has 0 rings (SSSR count). The lowest BCUT2D eigenvalue weighted by molar-refractivity contribution is -0.161. The summed E-state index contributed by atoms with van der Waals surface area (Å²) in [4.78, 5) is 42.6. The van der Waals surface area contributed by atoms with Gasteiger partial charge in [-0.15, -0.1) is 0 Å². The van der Waals surface area contributed by atoms with Crippen LogP contribution in [0.3, 0.4) is 0 Å². The molecule has 0 aliphatic rings. The van der Waals surface area contributed by atoms with E-state index >= 15 is 0 Å². The van der Waals surface area contributed by atoms with Gasteiger partial charge < -0.3 is 24.4 Å². The second kappa shape index (κ2) is 33.7. The van der Waals surface area contributed by atoms with Crippen molar-refractivity contribution in [1.82, 2.24) is 0 Å². The summed E-state index contributed by atoms with van der Waals surface area (Å²) < 4.78 is 26.1. The summed E-state index contributed by atoms with van der Waals surface area (Å²) in [6.45, 7) is 3.36. The predicted octanol–water partition coefficient (Wildman–Crippen LogP) is 9.48. The van der Waals surface area contributed by atoms with Crippen LogP contribution in [0, 0.1) is 0 Å². The quantitative estimate of drug-likeness (QED) is 0.0211. The molecule has 0 aromatic rings. The number of hydrogen-bond acceptors (Lipinski definition) is 7. The van der Waals surface area contributed by atoms with E-state index in [1.807, 2.05) is 48.6 Å². The normalized spacial score (nSPS) is 14.1. The van der Waals surface area contributed by atoms with Crippen molar-refractivity contribution in [3.63, 3.8) is 0 Å². The number of rotatable bonds is 31. The fourth-order valence-corrected chi connectivity index (χ4v) is 4.65. The Hall–Kier alpha value is -2.81. The number of phosphoric acid groups is 1. The van der Waals surface area contributed by atoms with Crippen molar-refractivity contribution in [3.8, 4) is 0 Å². The molecule has 49 heavy (non-hydrogen) atoms. The summed E-state index contributed by atoms with van der Waals surface area (Å²) in [5.74, 6) is -1.04. The largest absolute Gasteiger partial charge is 0.469 e. The molecule has 2 atom stereocenters. The molecule has 9 nitrogen and oxygen atoms in total. The molecular formula is C39H63O9P. The van der Waals surface area contributed by atoms with Gasteiger partial charge in [0, 0.05) is 12.8 Å². The summed E-state index contributed by atoms with van der Waals surface area (Å²) >= 11 is 0.